The van der Waals surface area contributed by atoms with E-state index in [0.717, 1.165) is 39.7 Å². The second-order valence-corrected chi connectivity index (χ2v) is 7.92. The summed E-state index contributed by atoms with van der Waals surface area (Å²) >= 11 is 0. The topological polar surface area (TPSA) is 64.1 Å². The van der Waals surface area contributed by atoms with Crippen molar-refractivity contribution in [3.8, 4) is 11.1 Å². The number of ether oxygens (including phenoxy) is 1. The monoisotopic (exact) mass is 477 g/mol. The number of carbonyl (C=O) groups excluding carboxylic acids is 1. The number of aromatic nitrogens is 2. The lowest BCUT2D eigenvalue weighted by atomic mass is 9.97. The summed E-state index contributed by atoms with van der Waals surface area (Å²) in [6.45, 7) is 2.39. The Labute approximate surface area is 200 Å². The molecule has 0 saturated carbocycles. The number of fused-ring (bicyclic) bond motifs is 1. The van der Waals surface area contributed by atoms with Crippen molar-refractivity contribution < 1.29 is 22.7 Å². The first-order chi connectivity index (χ1) is 16.7. The van der Waals surface area contributed by atoms with Crippen molar-refractivity contribution in [2.24, 2.45) is 0 Å². The molecule has 0 unspecified atom stereocenters. The molecule has 0 bridgehead atoms. The average molecular weight is 477 g/mol. The van der Waals surface area contributed by atoms with Gasteiger partial charge in [0.15, 0.2) is 5.82 Å². The second-order valence-electron chi connectivity index (χ2n) is 7.92. The summed E-state index contributed by atoms with van der Waals surface area (Å²) in [5, 5.41) is 3.39. The van der Waals surface area contributed by atoms with E-state index in [1.54, 1.807) is 37.6 Å². The third-order valence-corrected chi connectivity index (χ3v) is 5.39. The van der Waals surface area contributed by atoms with Crippen LogP contribution in [0.2, 0.25) is 0 Å². The maximum Gasteiger partial charge on any atom is 0.416 e. The number of rotatable bonds is 6. The molecule has 35 heavy (non-hydrogen) atoms. The van der Waals surface area contributed by atoms with Gasteiger partial charge >= 0.3 is 6.18 Å². The predicted molar refractivity (Wildman–Crippen MR) is 130 cm³/mol. The quantitative estimate of drug-likeness (QED) is 0.343. The summed E-state index contributed by atoms with van der Waals surface area (Å²) in [4.78, 5) is 21.7. The fourth-order valence-corrected chi connectivity index (χ4v) is 3.60. The van der Waals surface area contributed by atoms with Crippen molar-refractivity contribution >= 4 is 28.6 Å². The minimum atomic E-state index is -4.49. The number of amides is 1. The van der Waals surface area contributed by atoms with Crippen LogP contribution in [0.3, 0.4) is 0 Å². The summed E-state index contributed by atoms with van der Waals surface area (Å²) in [7, 11) is 1.61. The summed E-state index contributed by atoms with van der Waals surface area (Å²) in [5.74, 6) is 0.0777. The third kappa shape index (κ3) is 5.73. The lowest BCUT2D eigenvalue weighted by molar-refractivity contribution is -0.137. The Kier molecular flexibility index (Phi) is 6.93. The zero-order valence-electron chi connectivity index (χ0n) is 19.1. The molecule has 1 aromatic heterocycles. The molecule has 178 valence electrons. The van der Waals surface area contributed by atoms with Gasteiger partial charge in [-0.2, -0.15) is 13.2 Å². The molecule has 0 radical (unpaired) electrons. The number of hydrogen-bond donors (Lipinski definition) is 1. The van der Waals surface area contributed by atoms with Crippen LogP contribution in [-0.4, -0.2) is 29.6 Å². The van der Waals surface area contributed by atoms with Crippen molar-refractivity contribution in [2.45, 2.75) is 13.1 Å². The number of hydrogen-bond acceptors (Lipinski definition) is 4. The summed E-state index contributed by atoms with van der Waals surface area (Å²) in [5.41, 5.74) is 3.00. The van der Waals surface area contributed by atoms with Gasteiger partial charge in [0.1, 0.15) is 0 Å². The van der Waals surface area contributed by atoms with Crippen LogP contribution >= 0.6 is 0 Å². The minimum Gasteiger partial charge on any atom is -0.381 e. The van der Waals surface area contributed by atoms with Crippen LogP contribution in [-0.2, 0) is 10.9 Å². The Hall–Kier alpha value is -4.04. The SMILES string of the molecule is COCC=Cc1ncc2cc(-c3cc(C(=O)Nc4cccc(C(F)(F)F)c4)ccc3C)ccc2n1. The zero-order chi connectivity index (χ0) is 25.0. The maximum atomic E-state index is 13.0. The molecule has 0 aliphatic carbocycles. The highest BCUT2D eigenvalue weighted by atomic mass is 19.4. The number of methoxy groups -OCH3 is 1. The predicted octanol–water partition coefficient (Wildman–Crippen LogP) is 6.54. The number of nitrogens with zero attached hydrogens (tertiary/aromatic N) is 2. The van der Waals surface area contributed by atoms with Gasteiger partial charge in [0.05, 0.1) is 17.7 Å². The van der Waals surface area contributed by atoms with Gasteiger partial charge in [0, 0.05) is 29.9 Å². The first kappa shape index (κ1) is 24.1. The number of halogens is 3. The van der Waals surface area contributed by atoms with Crippen LogP contribution in [0.15, 0.2) is 72.9 Å². The molecule has 0 saturated heterocycles. The normalized spacial score (nSPS) is 11.8. The van der Waals surface area contributed by atoms with E-state index in [2.05, 4.69) is 15.3 Å². The number of anilines is 1. The van der Waals surface area contributed by atoms with Crippen LogP contribution in [0.1, 0.15) is 27.3 Å². The molecule has 0 aliphatic rings. The van der Waals surface area contributed by atoms with Gasteiger partial charge in [-0.15, -0.1) is 0 Å². The second kappa shape index (κ2) is 10.1. The Morgan fingerprint density at radius 2 is 1.91 bits per heavy atom. The van der Waals surface area contributed by atoms with E-state index in [-0.39, 0.29) is 5.69 Å². The Morgan fingerprint density at radius 1 is 1.09 bits per heavy atom. The van der Waals surface area contributed by atoms with Gasteiger partial charge in [-0.3, -0.25) is 4.79 Å². The average Bonchev–Trinajstić information content (AvgIpc) is 2.84. The van der Waals surface area contributed by atoms with Crippen molar-refractivity contribution in [2.75, 3.05) is 19.0 Å². The lowest BCUT2D eigenvalue weighted by Crippen LogP contribution is -2.13. The first-order valence-corrected chi connectivity index (χ1v) is 10.8. The van der Waals surface area contributed by atoms with E-state index in [0.29, 0.717) is 18.0 Å². The van der Waals surface area contributed by atoms with Gasteiger partial charge < -0.3 is 10.1 Å². The highest BCUT2D eigenvalue weighted by Crippen LogP contribution is 2.31. The fraction of sp³-hybridized carbons (Fsp3) is 0.148. The summed E-state index contributed by atoms with van der Waals surface area (Å²) < 4.78 is 43.9. The number of carbonyl (C=O) groups is 1. The molecule has 0 aliphatic heterocycles. The molecule has 1 N–H and O–H groups in total. The van der Waals surface area contributed by atoms with Gasteiger partial charge in [0.2, 0.25) is 0 Å². The highest BCUT2D eigenvalue weighted by Gasteiger charge is 2.30. The molecule has 0 atom stereocenters. The van der Waals surface area contributed by atoms with Crippen molar-refractivity contribution in [1.82, 2.24) is 9.97 Å². The van der Waals surface area contributed by atoms with E-state index < -0.39 is 17.6 Å². The molecule has 5 nitrogen and oxygen atoms in total. The van der Waals surface area contributed by atoms with Gasteiger partial charge in [0.25, 0.3) is 5.91 Å². The molecule has 4 rings (SSSR count). The molecule has 1 amide bonds. The van der Waals surface area contributed by atoms with Gasteiger partial charge in [-0.05, 0) is 72.2 Å². The maximum absolute atomic E-state index is 13.0. The number of aryl methyl sites for hydroxylation is 1. The highest BCUT2D eigenvalue weighted by molar-refractivity contribution is 6.05. The first-order valence-electron chi connectivity index (χ1n) is 10.8. The summed E-state index contributed by atoms with van der Waals surface area (Å²) in [6, 6.07) is 15.5. The Morgan fingerprint density at radius 3 is 2.69 bits per heavy atom. The van der Waals surface area contributed by atoms with Gasteiger partial charge in [-0.1, -0.05) is 24.3 Å². The Bertz CT molecular complexity index is 1410. The van der Waals surface area contributed by atoms with Crippen LogP contribution in [0, 0.1) is 6.92 Å². The van der Waals surface area contributed by atoms with Crippen LogP contribution < -0.4 is 5.32 Å². The molecule has 8 heteroatoms. The minimum absolute atomic E-state index is 0.0742. The molecule has 3 aromatic carbocycles. The van der Waals surface area contributed by atoms with E-state index in [9.17, 15) is 18.0 Å². The number of benzene rings is 3. The number of alkyl halides is 3. The van der Waals surface area contributed by atoms with Gasteiger partial charge in [-0.25, -0.2) is 9.97 Å². The molecule has 1 heterocycles. The van der Waals surface area contributed by atoms with E-state index >= 15 is 0 Å². The number of nitrogens with one attached hydrogen (secondary N) is 1. The van der Waals surface area contributed by atoms with Crippen molar-refractivity contribution in [3.63, 3.8) is 0 Å². The van der Waals surface area contributed by atoms with Crippen LogP contribution in [0.25, 0.3) is 28.1 Å². The van der Waals surface area contributed by atoms with E-state index in [1.807, 2.05) is 31.2 Å². The summed E-state index contributed by atoms with van der Waals surface area (Å²) in [6.07, 6.45) is 0.860. The largest absolute Gasteiger partial charge is 0.416 e. The molecular weight excluding hydrogens is 455 g/mol. The molecular formula is C27H22F3N3O2. The fourth-order valence-electron chi connectivity index (χ4n) is 3.60. The standard InChI is InChI=1S/C27H22F3N3O2/c1-17-8-9-19(26(34)32-22-6-3-5-21(15-22)27(28,29)30)14-23(17)18-10-11-24-20(13-18)16-31-25(33-24)7-4-12-35-2/h3-11,13-16H,12H2,1-2H3,(H,32,34). The van der Waals surface area contributed by atoms with Crippen LogP contribution in [0.5, 0.6) is 0 Å². The van der Waals surface area contributed by atoms with E-state index in [1.165, 1.54) is 12.1 Å². The molecule has 0 spiro atoms. The van der Waals surface area contributed by atoms with Crippen molar-refractivity contribution in [1.29, 1.82) is 0 Å². The molecule has 4 aromatic rings. The third-order valence-electron chi connectivity index (χ3n) is 5.39. The van der Waals surface area contributed by atoms with E-state index in [4.69, 9.17) is 4.74 Å². The Balaban J connectivity index is 1.60. The van der Waals surface area contributed by atoms with Crippen molar-refractivity contribution in [3.05, 3.63) is 95.5 Å². The smallest absolute Gasteiger partial charge is 0.381 e. The lowest BCUT2D eigenvalue weighted by Gasteiger charge is -2.12. The molecule has 0 fully saturated rings. The zero-order valence-corrected chi connectivity index (χ0v) is 19.1. The van der Waals surface area contributed by atoms with Crippen LogP contribution in [0.4, 0.5) is 18.9 Å².